The van der Waals surface area contributed by atoms with E-state index in [1.165, 1.54) is 6.20 Å². The summed E-state index contributed by atoms with van der Waals surface area (Å²) in [4.78, 5) is 3.60. The Morgan fingerprint density at radius 3 is 2.89 bits per heavy atom. The average molecular weight is 353 g/mol. The lowest BCUT2D eigenvalue weighted by molar-refractivity contribution is -0.101. The second-order valence-corrected chi connectivity index (χ2v) is 6.26. The molecule has 1 atom stereocenters. The van der Waals surface area contributed by atoms with Gasteiger partial charge < -0.3 is 14.2 Å². The third kappa shape index (κ3) is 3.86. The summed E-state index contributed by atoms with van der Waals surface area (Å²) in [6.07, 6.45) is 2.35. The van der Waals surface area contributed by atoms with Crippen LogP contribution in [-0.4, -0.2) is 45.9 Å². The lowest BCUT2D eigenvalue weighted by atomic mass is 10.3. The molecule has 19 heavy (non-hydrogen) atoms. The molecule has 0 saturated carbocycles. The Labute approximate surface area is 119 Å². The molecule has 1 fully saturated rings. The van der Waals surface area contributed by atoms with E-state index < -0.39 is 10.0 Å². The number of ether oxygens (including phenoxy) is 3. The maximum atomic E-state index is 11.4. The van der Waals surface area contributed by atoms with Crippen molar-refractivity contribution in [1.29, 1.82) is 0 Å². The van der Waals surface area contributed by atoms with Crippen LogP contribution in [0.1, 0.15) is 0 Å². The van der Waals surface area contributed by atoms with Crippen molar-refractivity contribution in [2.24, 2.45) is 5.14 Å². The third-order valence-electron chi connectivity index (χ3n) is 2.43. The van der Waals surface area contributed by atoms with Crippen LogP contribution in [0, 0.1) is 0 Å². The lowest BCUT2D eigenvalue weighted by Crippen LogP contribution is -2.33. The van der Waals surface area contributed by atoms with Gasteiger partial charge in [-0.15, -0.1) is 0 Å². The average Bonchev–Trinajstić information content (AvgIpc) is 2.37. The molecule has 1 saturated heterocycles. The normalized spacial score (nSPS) is 20.2. The van der Waals surface area contributed by atoms with Gasteiger partial charge in [0.05, 0.1) is 30.5 Å². The van der Waals surface area contributed by atoms with Crippen LogP contribution in [0.2, 0.25) is 0 Å². The first-order chi connectivity index (χ1) is 8.98. The Morgan fingerprint density at radius 2 is 2.26 bits per heavy atom. The summed E-state index contributed by atoms with van der Waals surface area (Å²) >= 11 is 3.19. The van der Waals surface area contributed by atoms with Crippen LogP contribution in [0.4, 0.5) is 0 Å². The van der Waals surface area contributed by atoms with Gasteiger partial charge in [-0.05, 0) is 15.9 Å². The standard InChI is InChI=1S/C10H13BrN2O5S/c11-8-3-13-4-9(19(12,14)15)10(8)18-6-7-5-16-1-2-17-7/h3-4,7H,1-2,5-6H2,(H2,12,14,15). The number of aromatic nitrogens is 1. The van der Waals surface area contributed by atoms with Crippen LogP contribution < -0.4 is 9.88 Å². The highest BCUT2D eigenvalue weighted by atomic mass is 79.9. The monoisotopic (exact) mass is 352 g/mol. The summed E-state index contributed by atoms with van der Waals surface area (Å²) in [5, 5.41) is 5.11. The maximum Gasteiger partial charge on any atom is 0.243 e. The van der Waals surface area contributed by atoms with E-state index in [1.54, 1.807) is 0 Å². The van der Waals surface area contributed by atoms with Crippen LogP contribution in [0.25, 0.3) is 0 Å². The highest BCUT2D eigenvalue weighted by Gasteiger charge is 2.21. The summed E-state index contributed by atoms with van der Waals surface area (Å²) in [6, 6.07) is 0. The minimum atomic E-state index is -3.90. The Kier molecular flexibility index (Phi) is 4.74. The van der Waals surface area contributed by atoms with Gasteiger partial charge in [0, 0.05) is 6.20 Å². The van der Waals surface area contributed by atoms with E-state index in [0.717, 1.165) is 6.20 Å². The molecule has 0 bridgehead atoms. The second-order valence-electron chi connectivity index (χ2n) is 3.87. The fourth-order valence-corrected chi connectivity index (χ4v) is 2.77. The van der Waals surface area contributed by atoms with Crippen molar-refractivity contribution in [3.8, 4) is 5.75 Å². The summed E-state index contributed by atoms with van der Waals surface area (Å²) in [7, 11) is -3.90. The van der Waals surface area contributed by atoms with Gasteiger partial charge in [0.25, 0.3) is 0 Å². The Hall–Kier alpha value is -0.740. The zero-order chi connectivity index (χ0) is 13.9. The number of primary sulfonamides is 1. The minimum absolute atomic E-state index is 0.131. The van der Waals surface area contributed by atoms with Gasteiger partial charge >= 0.3 is 0 Å². The fraction of sp³-hybridized carbons (Fsp3) is 0.500. The van der Waals surface area contributed by atoms with Crippen LogP contribution >= 0.6 is 15.9 Å². The first kappa shape index (κ1) is 14.7. The van der Waals surface area contributed by atoms with Crippen molar-refractivity contribution in [3.63, 3.8) is 0 Å². The van der Waals surface area contributed by atoms with Crippen molar-refractivity contribution in [3.05, 3.63) is 16.9 Å². The topological polar surface area (TPSA) is 101 Å². The van der Waals surface area contributed by atoms with Gasteiger partial charge in [-0.25, -0.2) is 13.6 Å². The van der Waals surface area contributed by atoms with Crippen molar-refractivity contribution >= 4 is 26.0 Å². The minimum Gasteiger partial charge on any atom is -0.488 e. The van der Waals surface area contributed by atoms with Gasteiger partial charge in [-0.3, -0.25) is 4.98 Å². The molecule has 0 aliphatic carbocycles. The predicted octanol–water partition coefficient (Wildman–Crippen LogP) is 0.286. The Balaban J connectivity index is 2.15. The van der Waals surface area contributed by atoms with Gasteiger partial charge in [0.1, 0.15) is 17.6 Å². The first-order valence-corrected chi connectivity index (χ1v) is 7.81. The molecule has 0 aromatic carbocycles. The molecule has 1 aromatic rings. The van der Waals surface area contributed by atoms with E-state index >= 15 is 0 Å². The molecule has 0 radical (unpaired) electrons. The smallest absolute Gasteiger partial charge is 0.243 e. The molecule has 1 aliphatic rings. The van der Waals surface area contributed by atoms with Gasteiger partial charge in [-0.1, -0.05) is 0 Å². The zero-order valence-electron chi connectivity index (χ0n) is 9.91. The number of halogens is 1. The SMILES string of the molecule is NS(=O)(=O)c1cncc(Br)c1OCC1COCCO1. The summed E-state index contributed by atoms with van der Waals surface area (Å²) < 4.78 is 39.4. The molecule has 0 spiro atoms. The molecule has 0 amide bonds. The van der Waals surface area contributed by atoms with E-state index in [2.05, 4.69) is 20.9 Å². The molecular formula is C10H13BrN2O5S. The molecule has 2 heterocycles. The highest BCUT2D eigenvalue weighted by molar-refractivity contribution is 9.10. The van der Waals surface area contributed by atoms with Gasteiger partial charge in [0.2, 0.25) is 10.0 Å². The first-order valence-electron chi connectivity index (χ1n) is 5.47. The number of rotatable bonds is 4. The molecule has 1 unspecified atom stereocenters. The summed E-state index contributed by atoms with van der Waals surface area (Å²) in [5.41, 5.74) is 0. The second kappa shape index (κ2) is 6.14. The number of pyridine rings is 1. The van der Waals surface area contributed by atoms with Gasteiger partial charge in [0.15, 0.2) is 5.75 Å². The highest BCUT2D eigenvalue weighted by Crippen LogP contribution is 2.30. The Bertz CT molecular complexity index is 545. The van der Waals surface area contributed by atoms with E-state index in [0.29, 0.717) is 24.3 Å². The van der Waals surface area contributed by atoms with E-state index in [-0.39, 0.29) is 23.4 Å². The number of hydrogen-bond donors (Lipinski definition) is 1. The number of sulfonamides is 1. The molecule has 1 aliphatic heterocycles. The number of nitrogens with zero attached hydrogens (tertiary/aromatic N) is 1. The Morgan fingerprint density at radius 1 is 1.47 bits per heavy atom. The third-order valence-corrected chi connectivity index (χ3v) is 3.89. The van der Waals surface area contributed by atoms with Crippen molar-refractivity contribution in [2.75, 3.05) is 26.4 Å². The predicted molar refractivity (Wildman–Crippen MR) is 69.4 cm³/mol. The molecular weight excluding hydrogens is 340 g/mol. The van der Waals surface area contributed by atoms with E-state index in [4.69, 9.17) is 19.3 Å². The van der Waals surface area contributed by atoms with Crippen LogP contribution in [0.15, 0.2) is 21.8 Å². The fourth-order valence-electron chi connectivity index (χ4n) is 1.56. The zero-order valence-corrected chi connectivity index (χ0v) is 12.3. The lowest BCUT2D eigenvalue weighted by Gasteiger charge is -2.23. The molecule has 7 nitrogen and oxygen atoms in total. The van der Waals surface area contributed by atoms with Crippen LogP contribution in [-0.2, 0) is 19.5 Å². The molecule has 106 valence electrons. The number of nitrogens with two attached hydrogens (primary N) is 1. The molecule has 9 heteroatoms. The summed E-state index contributed by atoms with van der Waals surface area (Å²) in [6.45, 7) is 1.63. The molecule has 1 aromatic heterocycles. The molecule has 2 N–H and O–H groups in total. The largest absolute Gasteiger partial charge is 0.488 e. The van der Waals surface area contributed by atoms with Crippen LogP contribution in [0.3, 0.4) is 0 Å². The van der Waals surface area contributed by atoms with E-state index in [1.807, 2.05) is 0 Å². The summed E-state index contributed by atoms with van der Waals surface area (Å²) in [5.74, 6) is 0.131. The van der Waals surface area contributed by atoms with E-state index in [9.17, 15) is 8.42 Å². The maximum absolute atomic E-state index is 11.4. The van der Waals surface area contributed by atoms with Crippen molar-refractivity contribution < 1.29 is 22.6 Å². The quantitative estimate of drug-likeness (QED) is 0.835. The number of hydrogen-bond acceptors (Lipinski definition) is 6. The van der Waals surface area contributed by atoms with Crippen molar-refractivity contribution in [2.45, 2.75) is 11.0 Å². The van der Waals surface area contributed by atoms with Crippen molar-refractivity contribution in [1.82, 2.24) is 4.98 Å². The van der Waals surface area contributed by atoms with Gasteiger partial charge in [-0.2, -0.15) is 0 Å². The van der Waals surface area contributed by atoms with Crippen LogP contribution in [0.5, 0.6) is 5.75 Å². The molecule has 2 rings (SSSR count).